The van der Waals surface area contributed by atoms with E-state index < -0.39 is 5.51 Å². The lowest BCUT2D eigenvalue weighted by molar-refractivity contribution is -0.0462. The van der Waals surface area contributed by atoms with Gasteiger partial charge in [0.1, 0.15) is 0 Å². The Labute approximate surface area is 114 Å². The molecule has 2 atom stereocenters. The van der Waals surface area contributed by atoms with Crippen LogP contribution < -0.4 is 5.73 Å². The first-order valence-corrected chi connectivity index (χ1v) is 7.01. The van der Waals surface area contributed by atoms with Gasteiger partial charge in [0.2, 0.25) is 0 Å². The third-order valence-corrected chi connectivity index (χ3v) is 3.84. The lowest BCUT2D eigenvalue weighted by atomic mass is 9.98. The third-order valence-electron chi connectivity index (χ3n) is 3.10. The zero-order valence-electron chi connectivity index (χ0n) is 10.3. The van der Waals surface area contributed by atoms with Gasteiger partial charge < -0.3 is 10.5 Å². The molecule has 0 spiro atoms. The summed E-state index contributed by atoms with van der Waals surface area (Å²) in [5, 5.41) is 0. The molecule has 19 heavy (non-hydrogen) atoms. The number of hydrogen-bond acceptors (Lipinski definition) is 3. The van der Waals surface area contributed by atoms with E-state index in [1.807, 2.05) is 0 Å². The van der Waals surface area contributed by atoms with E-state index in [1.54, 1.807) is 12.1 Å². The zero-order chi connectivity index (χ0) is 13.9. The summed E-state index contributed by atoms with van der Waals surface area (Å²) in [5.41, 5.74) is 2.26. The van der Waals surface area contributed by atoms with E-state index in [-0.39, 0.29) is 28.9 Å². The van der Waals surface area contributed by atoms with Crippen molar-refractivity contribution in [3.63, 3.8) is 0 Å². The van der Waals surface area contributed by atoms with Crippen LogP contribution in [0.2, 0.25) is 0 Å². The molecule has 2 N–H and O–H groups in total. The van der Waals surface area contributed by atoms with Gasteiger partial charge >= 0.3 is 5.51 Å². The van der Waals surface area contributed by atoms with Gasteiger partial charge in [-0.3, -0.25) is 0 Å². The van der Waals surface area contributed by atoms with Gasteiger partial charge in [-0.15, -0.1) is 0 Å². The Hall–Kier alpha value is -0.720. The van der Waals surface area contributed by atoms with Crippen molar-refractivity contribution in [2.24, 2.45) is 5.73 Å². The van der Waals surface area contributed by atoms with Gasteiger partial charge in [0.25, 0.3) is 0 Å². The molecule has 1 heterocycles. The van der Waals surface area contributed by atoms with Gasteiger partial charge in [0.05, 0.1) is 12.2 Å². The molecule has 0 amide bonds. The molecule has 1 aliphatic heterocycles. The summed E-state index contributed by atoms with van der Waals surface area (Å²) >= 11 is -0.0997. The molecule has 0 aliphatic carbocycles. The highest BCUT2D eigenvalue weighted by atomic mass is 32.2. The molecule has 106 valence electrons. The number of thioether (sulfide) groups is 1. The molecule has 2 unspecified atom stereocenters. The van der Waals surface area contributed by atoms with Gasteiger partial charge in [-0.1, -0.05) is 12.1 Å². The second kappa shape index (κ2) is 6.15. The Morgan fingerprint density at radius 2 is 1.89 bits per heavy atom. The van der Waals surface area contributed by atoms with Crippen LogP contribution in [0.15, 0.2) is 29.2 Å². The van der Waals surface area contributed by atoms with E-state index in [4.69, 9.17) is 10.5 Å². The number of benzene rings is 1. The molecule has 2 rings (SSSR count). The summed E-state index contributed by atoms with van der Waals surface area (Å²) in [7, 11) is 0. The van der Waals surface area contributed by atoms with E-state index in [9.17, 15) is 13.2 Å². The molecule has 1 aromatic rings. The van der Waals surface area contributed by atoms with E-state index in [2.05, 4.69) is 0 Å². The summed E-state index contributed by atoms with van der Waals surface area (Å²) in [6.45, 7) is 0.485. The highest BCUT2D eigenvalue weighted by Crippen LogP contribution is 2.38. The molecule has 6 heteroatoms. The Kier molecular flexibility index (Phi) is 4.76. The topological polar surface area (TPSA) is 35.2 Å². The van der Waals surface area contributed by atoms with Crippen molar-refractivity contribution in [3.05, 3.63) is 29.8 Å². The van der Waals surface area contributed by atoms with E-state index in [0.29, 0.717) is 6.54 Å². The lowest BCUT2D eigenvalue weighted by Gasteiger charge is -2.29. The largest absolute Gasteiger partial charge is 0.446 e. The maximum absolute atomic E-state index is 12.2. The quantitative estimate of drug-likeness (QED) is 0.859. The fraction of sp³-hybridized carbons (Fsp3) is 0.538. The van der Waals surface area contributed by atoms with Gasteiger partial charge in [0.15, 0.2) is 0 Å². The van der Waals surface area contributed by atoms with Crippen molar-refractivity contribution in [3.8, 4) is 0 Å². The molecule has 2 nitrogen and oxygen atoms in total. The van der Waals surface area contributed by atoms with E-state index in [0.717, 1.165) is 24.8 Å². The van der Waals surface area contributed by atoms with Crippen LogP contribution in [0.4, 0.5) is 13.2 Å². The molecule has 0 radical (unpaired) electrons. The normalized spacial score (nSPS) is 24.4. The minimum atomic E-state index is -4.24. The molecule has 0 saturated carbocycles. The monoisotopic (exact) mass is 291 g/mol. The standard InChI is InChI=1S/C13H16F3NOS/c14-13(15,16)19-11-6-4-9(5-7-11)12-3-1-2-10(8-17)18-12/h4-7,10,12H,1-3,8,17H2. The molecular weight excluding hydrogens is 275 g/mol. The zero-order valence-corrected chi connectivity index (χ0v) is 11.1. The number of nitrogens with two attached hydrogens (primary N) is 1. The maximum Gasteiger partial charge on any atom is 0.446 e. The minimum Gasteiger partial charge on any atom is -0.369 e. The van der Waals surface area contributed by atoms with Crippen LogP contribution in [0, 0.1) is 0 Å². The molecule has 1 fully saturated rings. The molecule has 1 saturated heterocycles. The highest BCUT2D eigenvalue weighted by molar-refractivity contribution is 8.00. The summed E-state index contributed by atoms with van der Waals surface area (Å²) in [4.78, 5) is 0.197. The number of rotatable bonds is 3. The van der Waals surface area contributed by atoms with E-state index >= 15 is 0 Å². The lowest BCUT2D eigenvalue weighted by Crippen LogP contribution is -2.29. The van der Waals surface area contributed by atoms with Crippen LogP contribution in [0.1, 0.15) is 30.9 Å². The van der Waals surface area contributed by atoms with Crippen molar-refractivity contribution in [1.29, 1.82) is 0 Å². The Balaban J connectivity index is 2.01. The van der Waals surface area contributed by atoms with Crippen LogP contribution >= 0.6 is 11.8 Å². The van der Waals surface area contributed by atoms with Crippen LogP contribution in [-0.2, 0) is 4.74 Å². The summed E-state index contributed by atoms with van der Waals surface area (Å²) < 4.78 is 42.5. The minimum absolute atomic E-state index is 0.0489. The SMILES string of the molecule is NCC1CCCC(c2ccc(SC(F)(F)F)cc2)O1. The van der Waals surface area contributed by atoms with Gasteiger partial charge in [0, 0.05) is 11.4 Å². The van der Waals surface area contributed by atoms with Crippen molar-refractivity contribution in [1.82, 2.24) is 0 Å². The molecule has 1 aliphatic rings. The Morgan fingerprint density at radius 1 is 1.21 bits per heavy atom. The first-order chi connectivity index (χ1) is 8.98. The number of hydrogen-bond donors (Lipinski definition) is 1. The van der Waals surface area contributed by atoms with Crippen LogP contribution in [-0.4, -0.2) is 18.2 Å². The maximum atomic E-state index is 12.2. The molecular formula is C13H16F3NOS. The number of ether oxygens (including phenoxy) is 1. The highest BCUT2D eigenvalue weighted by Gasteiger charge is 2.29. The third kappa shape index (κ3) is 4.40. The first kappa shape index (κ1) is 14.7. The number of halogens is 3. The van der Waals surface area contributed by atoms with Crippen LogP contribution in [0.25, 0.3) is 0 Å². The summed E-state index contributed by atoms with van der Waals surface area (Å²) in [5.74, 6) is 0. The second-order valence-electron chi connectivity index (χ2n) is 4.53. The predicted octanol–water partition coefficient (Wildman–Crippen LogP) is 3.87. The van der Waals surface area contributed by atoms with Crippen LogP contribution in [0.3, 0.4) is 0 Å². The number of alkyl halides is 3. The van der Waals surface area contributed by atoms with Crippen molar-refractivity contribution >= 4 is 11.8 Å². The predicted molar refractivity (Wildman–Crippen MR) is 68.9 cm³/mol. The van der Waals surface area contributed by atoms with Crippen LogP contribution in [0.5, 0.6) is 0 Å². The van der Waals surface area contributed by atoms with Crippen molar-refractivity contribution in [2.45, 2.75) is 41.9 Å². The fourth-order valence-electron chi connectivity index (χ4n) is 2.20. The first-order valence-electron chi connectivity index (χ1n) is 6.19. The molecule has 0 aromatic heterocycles. The Morgan fingerprint density at radius 3 is 2.47 bits per heavy atom. The van der Waals surface area contributed by atoms with Gasteiger partial charge in [-0.05, 0) is 48.7 Å². The van der Waals surface area contributed by atoms with Gasteiger partial charge in [-0.25, -0.2) is 0 Å². The smallest absolute Gasteiger partial charge is 0.369 e. The van der Waals surface area contributed by atoms with E-state index in [1.165, 1.54) is 12.1 Å². The Bertz CT molecular complexity index is 407. The summed E-state index contributed by atoms with van der Waals surface area (Å²) in [6.07, 6.45) is 2.89. The average molecular weight is 291 g/mol. The average Bonchev–Trinajstić information content (AvgIpc) is 2.38. The summed E-state index contributed by atoms with van der Waals surface area (Å²) in [6, 6.07) is 6.39. The van der Waals surface area contributed by atoms with Gasteiger partial charge in [-0.2, -0.15) is 13.2 Å². The van der Waals surface area contributed by atoms with Crippen molar-refractivity contribution < 1.29 is 17.9 Å². The second-order valence-corrected chi connectivity index (χ2v) is 5.67. The fourth-order valence-corrected chi connectivity index (χ4v) is 2.74. The molecule has 1 aromatic carbocycles. The van der Waals surface area contributed by atoms with Crippen molar-refractivity contribution in [2.75, 3.05) is 6.54 Å². The molecule has 0 bridgehead atoms.